The maximum atomic E-state index is 12.2. The Balaban J connectivity index is 1.82. The van der Waals surface area contributed by atoms with Gasteiger partial charge in [-0.25, -0.2) is 4.79 Å². The van der Waals surface area contributed by atoms with Crippen molar-refractivity contribution in [2.24, 2.45) is 0 Å². The number of rotatable bonds is 5. The molecule has 9 heteroatoms. The second-order valence-corrected chi connectivity index (χ2v) is 5.27. The van der Waals surface area contributed by atoms with Crippen LogP contribution in [0.3, 0.4) is 0 Å². The molecular weight excluding hydrogens is 355 g/mol. The average Bonchev–Trinajstić information content (AvgIpc) is 2.90. The summed E-state index contributed by atoms with van der Waals surface area (Å²) in [4.78, 5) is 12.2. The van der Waals surface area contributed by atoms with Gasteiger partial charge in [0, 0.05) is 11.3 Å². The zero-order valence-electron chi connectivity index (χ0n) is 13.7. The summed E-state index contributed by atoms with van der Waals surface area (Å²) in [6.07, 6.45) is -5.57. The molecule has 26 heavy (non-hydrogen) atoms. The molecule has 0 bridgehead atoms. The fourth-order valence-electron chi connectivity index (χ4n) is 2.61. The van der Waals surface area contributed by atoms with Gasteiger partial charge < -0.3 is 24.3 Å². The van der Waals surface area contributed by atoms with Crippen LogP contribution in [0.5, 0.6) is 17.2 Å². The minimum Gasteiger partial charge on any atom is -0.493 e. The summed E-state index contributed by atoms with van der Waals surface area (Å²) < 4.78 is 56.1. The molecule has 6 nitrogen and oxygen atoms in total. The third-order valence-electron chi connectivity index (χ3n) is 3.67. The molecule has 0 fully saturated rings. The Kier molecular flexibility index (Phi) is 4.54. The van der Waals surface area contributed by atoms with Gasteiger partial charge in [-0.05, 0) is 36.4 Å². The van der Waals surface area contributed by atoms with Crippen LogP contribution in [0, 0.1) is 0 Å². The van der Waals surface area contributed by atoms with Gasteiger partial charge >= 0.3 is 12.3 Å². The molecule has 1 N–H and O–H groups in total. The lowest BCUT2D eigenvalue weighted by Crippen LogP contribution is -2.17. The fourth-order valence-corrected chi connectivity index (χ4v) is 2.61. The third kappa shape index (κ3) is 3.46. The van der Waals surface area contributed by atoms with Gasteiger partial charge in [0.1, 0.15) is 11.3 Å². The number of fused-ring (bicyclic) bond motifs is 1. The Morgan fingerprint density at radius 2 is 1.73 bits per heavy atom. The van der Waals surface area contributed by atoms with E-state index in [0.717, 1.165) is 12.1 Å². The Morgan fingerprint density at radius 1 is 1.04 bits per heavy atom. The highest BCUT2D eigenvalue weighted by Gasteiger charge is 2.36. The number of carbonyl (C=O) groups is 1. The van der Waals surface area contributed by atoms with Crippen molar-refractivity contribution in [2.75, 3.05) is 19.5 Å². The Morgan fingerprint density at radius 3 is 2.31 bits per heavy atom. The second-order valence-electron chi connectivity index (χ2n) is 5.27. The molecule has 0 saturated carbocycles. The molecule has 0 spiro atoms. The lowest BCUT2D eigenvalue weighted by atomic mass is 10.1. The van der Waals surface area contributed by atoms with Crippen LogP contribution in [-0.2, 0) is 4.74 Å². The van der Waals surface area contributed by atoms with E-state index in [-0.39, 0.29) is 17.1 Å². The summed E-state index contributed by atoms with van der Waals surface area (Å²) in [6.45, 7) is 0. The highest BCUT2D eigenvalue weighted by Crippen LogP contribution is 2.42. The van der Waals surface area contributed by atoms with Gasteiger partial charge in [-0.2, -0.15) is 0 Å². The summed E-state index contributed by atoms with van der Waals surface area (Å²) >= 11 is 0. The predicted molar refractivity (Wildman–Crippen MR) is 84.5 cm³/mol. The predicted octanol–water partition coefficient (Wildman–Crippen LogP) is 3.88. The summed E-state index contributed by atoms with van der Waals surface area (Å²) in [5, 5.41) is 2.93. The van der Waals surface area contributed by atoms with E-state index in [9.17, 15) is 18.0 Å². The van der Waals surface area contributed by atoms with E-state index in [4.69, 9.17) is 14.2 Å². The smallest absolute Gasteiger partial charge is 0.493 e. The SMILES string of the molecule is COc1ccc2c(c1OC)C(=O)O[C@H]2Nc1ccc(OC(F)(F)F)cc1. The van der Waals surface area contributed by atoms with Gasteiger partial charge in [0.2, 0.25) is 6.23 Å². The van der Waals surface area contributed by atoms with Crippen molar-refractivity contribution in [3.8, 4) is 17.2 Å². The van der Waals surface area contributed by atoms with E-state index >= 15 is 0 Å². The number of benzene rings is 2. The standard InChI is InChI=1S/C17H14F3NO5/c1-23-12-8-7-11-13(14(12)24-2)16(22)25-15(11)21-9-3-5-10(6-4-9)26-17(18,19)20/h3-8,15,21H,1-2H3/t15-/m1/s1. The van der Waals surface area contributed by atoms with Gasteiger partial charge in [0.05, 0.1) is 14.2 Å². The minimum absolute atomic E-state index is 0.237. The van der Waals surface area contributed by atoms with Crippen LogP contribution in [-0.4, -0.2) is 26.6 Å². The number of methoxy groups -OCH3 is 2. The molecule has 1 aliphatic rings. The molecule has 1 aliphatic heterocycles. The zero-order chi connectivity index (χ0) is 18.9. The van der Waals surface area contributed by atoms with Crippen LogP contribution in [0.4, 0.5) is 18.9 Å². The Bertz CT molecular complexity index is 820. The van der Waals surface area contributed by atoms with Crippen molar-refractivity contribution < 1.29 is 36.9 Å². The minimum atomic E-state index is -4.76. The van der Waals surface area contributed by atoms with Gasteiger partial charge in [0.15, 0.2) is 11.5 Å². The fraction of sp³-hybridized carbons (Fsp3) is 0.235. The molecule has 0 radical (unpaired) electrons. The van der Waals surface area contributed by atoms with E-state index in [0.29, 0.717) is 17.0 Å². The molecule has 2 aromatic carbocycles. The monoisotopic (exact) mass is 369 g/mol. The van der Waals surface area contributed by atoms with Gasteiger partial charge in [-0.15, -0.1) is 13.2 Å². The molecule has 1 heterocycles. The van der Waals surface area contributed by atoms with Crippen LogP contribution in [0.1, 0.15) is 22.1 Å². The van der Waals surface area contributed by atoms with Crippen LogP contribution >= 0.6 is 0 Å². The topological polar surface area (TPSA) is 66.0 Å². The number of esters is 1. The third-order valence-corrected chi connectivity index (χ3v) is 3.67. The molecule has 0 unspecified atom stereocenters. The number of anilines is 1. The number of hydrogen-bond acceptors (Lipinski definition) is 6. The van der Waals surface area contributed by atoms with Crippen LogP contribution < -0.4 is 19.5 Å². The molecule has 138 valence electrons. The first kappa shape index (κ1) is 17.7. The lowest BCUT2D eigenvalue weighted by Gasteiger charge is -2.15. The van der Waals surface area contributed by atoms with Crippen LogP contribution in [0.2, 0.25) is 0 Å². The van der Waals surface area contributed by atoms with E-state index in [1.54, 1.807) is 12.1 Å². The lowest BCUT2D eigenvalue weighted by molar-refractivity contribution is -0.274. The number of halogens is 3. The molecule has 0 aromatic heterocycles. The maximum Gasteiger partial charge on any atom is 0.573 e. The van der Waals surface area contributed by atoms with E-state index in [1.165, 1.54) is 26.4 Å². The van der Waals surface area contributed by atoms with E-state index in [1.807, 2.05) is 0 Å². The summed E-state index contributed by atoms with van der Waals surface area (Å²) in [5.41, 5.74) is 1.21. The van der Waals surface area contributed by atoms with E-state index < -0.39 is 18.6 Å². The number of ether oxygens (including phenoxy) is 4. The van der Waals surface area contributed by atoms with Crippen molar-refractivity contribution in [1.82, 2.24) is 0 Å². The summed E-state index contributed by atoms with van der Waals surface area (Å²) in [5.74, 6) is -0.297. The molecule has 1 atom stereocenters. The van der Waals surface area contributed by atoms with E-state index in [2.05, 4.69) is 10.1 Å². The molecule has 3 rings (SSSR count). The van der Waals surface area contributed by atoms with Gasteiger partial charge in [0.25, 0.3) is 0 Å². The average molecular weight is 369 g/mol. The Hall–Kier alpha value is -3.10. The van der Waals surface area contributed by atoms with Crippen molar-refractivity contribution in [1.29, 1.82) is 0 Å². The summed E-state index contributed by atoms with van der Waals surface area (Å²) in [7, 11) is 2.86. The van der Waals surface area contributed by atoms with Gasteiger partial charge in [-0.1, -0.05) is 0 Å². The second kappa shape index (κ2) is 6.66. The molecule has 0 amide bonds. The normalized spacial score (nSPS) is 15.9. The number of cyclic esters (lactones) is 1. The van der Waals surface area contributed by atoms with Gasteiger partial charge in [-0.3, -0.25) is 0 Å². The molecule has 0 aliphatic carbocycles. The first-order valence-corrected chi connectivity index (χ1v) is 7.40. The van der Waals surface area contributed by atoms with Crippen LogP contribution in [0.15, 0.2) is 36.4 Å². The largest absolute Gasteiger partial charge is 0.573 e. The number of carbonyl (C=O) groups excluding carboxylic acids is 1. The summed E-state index contributed by atoms with van der Waals surface area (Å²) in [6, 6.07) is 8.36. The highest BCUT2D eigenvalue weighted by atomic mass is 19.4. The van der Waals surface area contributed by atoms with Crippen molar-refractivity contribution in [3.05, 3.63) is 47.5 Å². The number of hydrogen-bond donors (Lipinski definition) is 1. The zero-order valence-corrected chi connectivity index (χ0v) is 13.7. The van der Waals surface area contributed by atoms with Crippen LogP contribution in [0.25, 0.3) is 0 Å². The van der Waals surface area contributed by atoms with Crippen molar-refractivity contribution in [3.63, 3.8) is 0 Å². The molecular formula is C17H14F3NO5. The first-order chi connectivity index (χ1) is 12.3. The highest BCUT2D eigenvalue weighted by molar-refractivity contribution is 5.98. The number of nitrogens with one attached hydrogen (secondary N) is 1. The van der Waals surface area contributed by atoms with Crippen molar-refractivity contribution in [2.45, 2.75) is 12.6 Å². The first-order valence-electron chi connectivity index (χ1n) is 7.40. The molecule has 2 aromatic rings. The maximum absolute atomic E-state index is 12.2. The molecule has 0 saturated heterocycles. The quantitative estimate of drug-likeness (QED) is 0.807. The van der Waals surface area contributed by atoms with Crippen molar-refractivity contribution >= 4 is 11.7 Å². The Labute approximate surface area is 146 Å². The number of alkyl halides is 3.